The van der Waals surface area contributed by atoms with Crippen LogP contribution >= 0.6 is 0 Å². The van der Waals surface area contributed by atoms with Crippen molar-refractivity contribution in [3.63, 3.8) is 0 Å². The van der Waals surface area contributed by atoms with Gasteiger partial charge in [0.2, 0.25) is 5.95 Å². The highest BCUT2D eigenvalue weighted by atomic mass is 16.5. The van der Waals surface area contributed by atoms with Crippen LogP contribution in [-0.4, -0.2) is 28.3 Å². The first kappa shape index (κ1) is 16.4. The molecule has 0 atom stereocenters. The van der Waals surface area contributed by atoms with Gasteiger partial charge in [0.15, 0.2) is 0 Å². The quantitative estimate of drug-likeness (QED) is 0.720. The average Bonchev–Trinajstić information content (AvgIpc) is 2.68. The summed E-state index contributed by atoms with van der Waals surface area (Å²) in [4.78, 5) is 8.67. The average molecular weight is 332 g/mol. The van der Waals surface area contributed by atoms with Crippen molar-refractivity contribution in [3.8, 4) is 23.1 Å². The second-order valence-corrected chi connectivity index (χ2v) is 5.16. The van der Waals surface area contributed by atoms with Crippen LogP contribution in [0.15, 0.2) is 60.8 Å². The van der Waals surface area contributed by atoms with E-state index in [9.17, 15) is 5.26 Å². The Bertz CT molecular complexity index is 874. The molecule has 0 unspecified atom stereocenters. The zero-order chi connectivity index (χ0) is 17.5. The van der Waals surface area contributed by atoms with Gasteiger partial charge in [0.25, 0.3) is 0 Å². The second-order valence-electron chi connectivity index (χ2n) is 5.16. The molecule has 0 fully saturated rings. The van der Waals surface area contributed by atoms with Crippen molar-refractivity contribution in [3.05, 3.63) is 66.4 Å². The number of benzene rings is 2. The first-order valence-electron chi connectivity index (χ1n) is 7.73. The van der Waals surface area contributed by atoms with Gasteiger partial charge in [-0.15, -0.1) is 0 Å². The molecule has 0 amide bonds. The molecule has 2 aromatic carbocycles. The summed E-state index contributed by atoms with van der Waals surface area (Å²) in [6.45, 7) is 0.229. The SMILES string of the molecule is N#Cc1cnc(Nc2ccc(OCCO)cc2)nc1-c1ccccc1. The first-order valence-corrected chi connectivity index (χ1v) is 7.73. The number of aliphatic hydroxyl groups is 1. The second kappa shape index (κ2) is 7.90. The minimum absolute atomic E-state index is 0.0264. The minimum atomic E-state index is -0.0264. The van der Waals surface area contributed by atoms with Crippen LogP contribution in [0.5, 0.6) is 5.75 Å². The van der Waals surface area contributed by atoms with E-state index in [2.05, 4.69) is 21.4 Å². The molecule has 2 N–H and O–H groups in total. The van der Waals surface area contributed by atoms with Gasteiger partial charge in [-0.2, -0.15) is 5.26 Å². The van der Waals surface area contributed by atoms with Crippen LogP contribution in [-0.2, 0) is 0 Å². The van der Waals surface area contributed by atoms with Crippen LogP contribution < -0.4 is 10.1 Å². The van der Waals surface area contributed by atoms with Crippen molar-refractivity contribution in [1.82, 2.24) is 9.97 Å². The molecule has 1 heterocycles. The van der Waals surface area contributed by atoms with Crippen molar-refractivity contribution in [2.24, 2.45) is 0 Å². The van der Waals surface area contributed by atoms with Gasteiger partial charge in [-0.25, -0.2) is 9.97 Å². The number of nitriles is 1. The normalized spacial score (nSPS) is 10.1. The maximum absolute atomic E-state index is 9.28. The molecule has 3 rings (SSSR count). The van der Waals surface area contributed by atoms with Gasteiger partial charge in [-0.05, 0) is 24.3 Å². The van der Waals surface area contributed by atoms with Crippen LogP contribution in [0.2, 0.25) is 0 Å². The summed E-state index contributed by atoms with van der Waals surface area (Å²) in [6, 6.07) is 18.9. The number of nitrogens with one attached hydrogen (secondary N) is 1. The molecule has 0 saturated heterocycles. The van der Waals surface area contributed by atoms with Crippen molar-refractivity contribution in [2.45, 2.75) is 0 Å². The topological polar surface area (TPSA) is 91.1 Å². The Morgan fingerprint density at radius 3 is 2.52 bits per heavy atom. The molecule has 0 saturated carbocycles. The first-order chi connectivity index (χ1) is 12.3. The number of nitrogens with zero attached hydrogens (tertiary/aromatic N) is 3. The van der Waals surface area contributed by atoms with E-state index in [1.807, 2.05) is 42.5 Å². The van der Waals surface area contributed by atoms with Crippen molar-refractivity contribution in [2.75, 3.05) is 18.5 Å². The van der Waals surface area contributed by atoms with Gasteiger partial charge in [0.05, 0.1) is 24.1 Å². The number of aromatic nitrogens is 2. The summed E-state index contributed by atoms with van der Waals surface area (Å²) in [7, 11) is 0. The predicted octanol–water partition coefficient (Wildman–Crippen LogP) is 3.13. The van der Waals surface area contributed by atoms with E-state index in [-0.39, 0.29) is 13.2 Å². The highest BCUT2D eigenvalue weighted by Gasteiger charge is 2.09. The molecule has 0 aliphatic carbocycles. The standard InChI is InChI=1S/C19H16N4O2/c20-12-15-13-21-19(23-18(15)14-4-2-1-3-5-14)22-16-6-8-17(9-7-16)25-11-10-24/h1-9,13,24H,10-11H2,(H,21,22,23). The lowest BCUT2D eigenvalue weighted by Crippen LogP contribution is -2.02. The van der Waals surface area contributed by atoms with E-state index in [0.717, 1.165) is 11.3 Å². The fourth-order valence-corrected chi connectivity index (χ4v) is 2.27. The fraction of sp³-hybridized carbons (Fsp3) is 0.105. The van der Waals surface area contributed by atoms with Crippen LogP contribution in [0.4, 0.5) is 11.6 Å². The highest BCUT2D eigenvalue weighted by Crippen LogP contribution is 2.23. The third-order valence-electron chi connectivity index (χ3n) is 3.43. The lowest BCUT2D eigenvalue weighted by Gasteiger charge is -2.09. The number of aliphatic hydroxyl groups excluding tert-OH is 1. The van der Waals surface area contributed by atoms with Crippen molar-refractivity contribution < 1.29 is 9.84 Å². The lowest BCUT2D eigenvalue weighted by molar-refractivity contribution is 0.201. The Morgan fingerprint density at radius 2 is 1.84 bits per heavy atom. The summed E-state index contributed by atoms with van der Waals surface area (Å²) in [6.07, 6.45) is 1.51. The van der Waals surface area contributed by atoms with E-state index in [1.165, 1.54) is 6.20 Å². The lowest BCUT2D eigenvalue weighted by atomic mass is 10.1. The molecule has 124 valence electrons. The molecule has 0 bridgehead atoms. The van der Waals surface area contributed by atoms with E-state index >= 15 is 0 Å². The summed E-state index contributed by atoms with van der Waals surface area (Å²) in [5, 5.41) is 21.2. The molecular formula is C19H16N4O2. The number of ether oxygens (including phenoxy) is 1. The summed E-state index contributed by atoms with van der Waals surface area (Å²) < 4.78 is 5.32. The van der Waals surface area contributed by atoms with Crippen LogP contribution in [0, 0.1) is 11.3 Å². The molecule has 0 spiro atoms. The highest BCUT2D eigenvalue weighted by molar-refractivity contribution is 5.68. The third kappa shape index (κ3) is 4.10. The smallest absolute Gasteiger partial charge is 0.227 e. The van der Waals surface area contributed by atoms with Crippen LogP contribution in [0.25, 0.3) is 11.3 Å². The Labute approximate surface area is 145 Å². The number of hydrogen-bond acceptors (Lipinski definition) is 6. The molecule has 0 radical (unpaired) electrons. The molecule has 25 heavy (non-hydrogen) atoms. The van der Waals surface area contributed by atoms with Gasteiger partial charge < -0.3 is 15.2 Å². The molecule has 0 aliphatic rings. The van der Waals surface area contributed by atoms with Gasteiger partial charge in [-0.3, -0.25) is 0 Å². The van der Waals surface area contributed by atoms with Crippen LogP contribution in [0.3, 0.4) is 0 Å². The molecule has 6 nitrogen and oxygen atoms in total. The van der Waals surface area contributed by atoms with Gasteiger partial charge in [0.1, 0.15) is 18.4 Å². The van der Waals surface area contributed by atoms with E-state index < -0.39 is 0 Å². The van der Waals surface area contributed by atoms with Gasteiger partial charge in [-0.1, -0.05) is 30.3 Å². The van der Waals surface area contributed by atoms with E-state index in [1.54, 1.807) is 12.1 Å². The number of rotatable bonds is 6. The largest absolute Gasteiger partial charge is 0.491 e. The third-order valence-corrected chi connectivity index (χ3v) is 3.43. The Hall–Kier alpha value is -3.43. The summed E-state index contributed by atoms with van der Waals surface area (Å²) in [5.74, 6) is 1.08. The Balaban J connectivity index is 1.83. The zero-order valence-corrected chi connectivity index (χ0v) is 13.4. The maximum atomic E-state index is 9.28. The number of hydrogen-bond donors (Lipinski definition) is 2. The minimum Gasteiger partial charge on any atom is -0.491 e. The monoisotopic (exact) mass is 332 g/mol. The molecule has 3 aromatic rings. The molecule has 6 heteroatoms. The van der Waals surface area contributed by atoms with Gasteiger partial charge in [0, 0.05) is 11.3 Å². The van der Waals surface area contributed by atoms with Crippen molar-refractivity contribution >= 4 is 11.6 Å². The molecule has 1 aromatic heterocycles. The van der Waals surface area contributed by atoms with E-state index in [0.29, 0.717) is 23.0 Å². The Kier molecular flexibility index (Phi) is 5.19. The molecular weight excluding hydrogens is 316 g/mol. The van der Waals surface area contributed by atoms with Gasteiger partial charge >= 0.3 is 0 Å². The fourth-order valence-electron chi connectivity index (χ4n) is 2.27. The molecule has 0 aliphatic heterocycles. The maximum Gasteiger partial charge on any atom is 0.227 e. The zero-order valence-electron chi connectivity index (χ0n) is 13.4. The number of anilines is 2. The van der Waals surface area contributed by atoms with Crippen LogP contribution in [0.1, 0.15) is 5.56 Å². The predicted molar refractivity (Wildman–Crippen MR) is 94.5 cm³/mol. The Morgan fingerprint density at radius 1 is 1.08 bits per heavy atom. The summed E-state index contributed by atoms with van der Waals surface area (Å²) >= 11 is 0. The van der Waals surface area contributed by atoms with Crippen molar-refractivity contribution in [1.29, 1.82) is 5.26 Å². The van der Waals surface area contributed by atoms with E-state index in [4.69, 9.17) is 9.84 Å². The summed E-state index contributed by atoms with van der Waals surface area (Å²) in [5.41, 5.74) is 2.66.